The summed E-state index contributed by atoms with van der Waals surface area (Å²) in [5, 5.41) is 3.52. The van der Waals surface area contributed by atoms with E-state index in [4.69, 9.17) is 0 Å². The zero-order valence-electron chi connectivity index (χ0n) is 13.0. The van der Waals surface area contributed by atoms with Crippen LogP contribution in [0.2, 0.25) is 0 Å². The van der Waals surface area contributed by atoms with Crippen molar-refractivity contribution in [3.8, 4) is 11.3 Å². The Morgan fingerprint density at radius 3 is 2.61 bits per heavy atom. The molecule has 5 rings (SSSR count). The minimum absolute atomic E-state index is 0.0808. The molecule has 0 spiro atoms. The van der Waals surface area contributed by atoms with Gasteiger partial charge in [0.1, 0.15) is 0 Å². The van der Waals surface area contributed by atoms with Gasteiger partial charge in [-0.2, -0.15) is 0 Å². The fourth-order valence-corrected chi connectivity index (χ4v) is 3.95. The molecule has 3 heterocycles. The summed E-state index contributed by atoms with van der Waals surface area (Å²) in [4.78, 5) is 13.6. The molecule has 3 heteroatoms. The van der Waals surface area contributed by atoms with E-state index >= 15 is 0 Å². The van der Waals surface area contributed by atoms with E-state index in [0.29, 0.717) is 0 Å². The van der Waals surface area contributed by atoms with Crippen molar-refractivity contribution in [2.75, 3.05) is 0 Å². The fourth-order valence-electron chi connectivity index (χ4n) is 3.95. The number of nitrogens with zero attached hydrogens (tertiary/aromatic N) is 3. The van der Waals surface area contributed by atoms with Crippen molar-refractivity contribution in [3.05, 3.63) is 66.1 Å². The number of pyridine rings is 3. The third kappa shape index (κ3) is 1.51. The fraction of sp³-hybridized carbons (Fsp3) is 0.150. The molecule has 1 aliphatic rings. The predicted molar refractivity (Wildman–Crippen MR) is 92.4 cm³/mol. The molecule has 0 atom stereocenters. The van der Waals surface area contributed by atoms with Crippen LogP contribution in [0.5, 0.6) is 0 Å². The molecule has 1 aliphatic carbocycles. The van der Waals surface area contributed by atoms with E-state index < -0.39 is 0 Å². The molecule has 1 aromatic carbocycles. The monoisotopic (exact) mass is 297 g/mol. The number of hydrogen-bond donors (Lipinski definition) is 0. The summed E-state index contributed by atoms with van der Waals surface area (Å²) in [5.74, 6) is 0. The molecule has 0 bridgehead atoms. The summed E-state index contributed by atoms with van der Waals surface area (Å²) in [5.41, 5.74) is 5.68. The molecule has 0 aliphatic heterocycles. The van der Waals surface area contributed by atoms with Crippen LogP contribution in [0.3, 0.4) is 0 Å². The average molecular weight is 297 g/mol. The van der Waals surface area contributed by atoms with Gasteiger partial charge in [-0.1, -0.05) is 32.0 Å². The van der Waals surface area contributed by atoms with Gasteiger partial charge in [0, 0.05) is 40.3 Å². The summed E-state index contributed by atoms with van der Waals surface area (Å²) < 4.78 is 0. The molecule has 0 N–H and O–H groups in total. The van der Waals surface area contributed by atoms with E-state index in [0.717, 1.165) is 22.1 Å². The van der Waals surface area contributed by atoms with Gasteiger partial charge in [-0.05, 0) is 34.7 Å². The van der Waals surface area contributed by atoms with E-state index in [-0.39, 0.29) is 5.41 Å². The molecule has 3 nitrogen and oxygen atoms in total. The van der Waals surface area contributed by atoms with Crippen molar-refractivity contribution in [3.63, 3.8) is 0 Å². The Morgan fingerprint density at radius 1 is 0.870 bits per heavy atom. The van der Waals surface area contributed by atoms with Crippen molar-refractivity contribution < 1.29 is 0 Å². The third-order valence-electron chi connectivity index (χ3n) is 4.98. The number of rotatable bonds is 0. The Kier molecular flexibility index (Phi) is 2.28. The highest BCUT2D eigenvalue weighted by Gasteiger charge is 2.38. The highest BCUT2D eigenvalue weighted by molar-refractivity contribution is 6.10. The lowest BCUT2D eigenvalue weighted by Crippen LogP contribution is -2.15. The molecule has 0 fully saturated rings. The Hall–Kier alpha value is -2.81. The van der Waals surface area contributed by atoms with Crippen molar-refractivity contribution in [1.29, 1.82) is 0 Å². The molecule has 23 heavy (non-hydrogen) atoms. The van der Waals surface area contributed by atoms with Gasteiger partial charge in [0.2, 0.25) is 0 Å². The first-order chi connectivity index (χ1) is 11.2. The van der Waals surface area contributed by atoms with E-state index in [9.17, 15) is 0 Å². The maximum Gasteiger partial charge on any atom is 0.159 e. The molecule has 4 aromatic rings. The summed E-state index contributed by atoms with van der Waals surface area (Å²) in [7, 11) is 0. The van der Waals surface area contributed by atoms with Crippen molar-refractivity contribution in [1.82, 2.24) is 15.0 Å². The normalized spacial score (nSPS) is 14.9. The first kappa shape index (κ1) is 12.7. The average Bonchev–Trinajstić information content (AvgIpc) is 2.83. The van der Waals surface area contributed by atoms with Crippen molar-refractivity contribution in [2.24, 2.45) is 0 Å². The van der Waals surface area contributed by atoms with Crippen LogP contribution in [-0.4, -0.2) is 15.0 Å². The molecule has 110 valence electrons. The van der Waals surface area contributed by atoms with Crippen LogP contribution >= 0.6 is 0 Å². The van der Waals surface area contributed by atoms with Gasteiger partial charge in [-0.3, -0.25) is 4.98 Å². The van der Waals surface area contributed by atoms with E-state index in [1.165, 1.54) is 22.1 Å². The number of fused-ring (bicyclic) bond motifs is 7. The lowest BCUT2D eigenvalue weighted by Gasteiger charge is -2.23. The highest BCUT2D eigenvalue weighted by atomic mass is 14.8. The highest BCUT2D eigenvalue weighted by Crippen LogP contribution is 2.51. The van der Waals surface area contributed by atoms with Crippen LogP contribution in [0.15, 0.2) is 55.0 Å². The number of benzene rings is 1. The van der Waals surface area contributed by atoms with Crippen LogP contribution in [0.4, 0.5) is 0 Å². The van der Waals surface area contributed by atoms with Crippen LogP contribution < -0.4 is 0 Å². The summed E-state index contributed by atoms with van der Waals surface area (Å²) >= 11 is 0. The summed E-state index contributed by atoms with van der Waals surface area (Å²) in [6, 6.07) is 12.6. The van der Waals surface area contributed by atoms with E-state index in [1.807, 2.05) is 24.5 Å². The SMILES string of the molecule is CC1(C)c2cccnc2-c2ccc3cnc4ncccc4c3c21. The van der Waals surface area contributed by atoms with Gasteiger partial charge in [0.15, 0.2) is 5.65 Å². The van der Waals surface area contributed by atoms with Crippen molar-refractivity contribution >= 4 is 21.8 Å². The minimum Gasteiger partial charge on any atom is -0.256 e. The first-order valence-electron chi connectivity index (χ1n) is 7.81. The van der Waals surface area contributed by atoms with Gasteiger partial charge in [0.25, 0.3) is 0 Å². The standard InChI is InChI=1S/C20H15N3/c1-20(2)15-6-4-9-21-18(15)14-8-7-12-11-23-19-13(5-3-10-22-19)16(12)17(14)20/h3-11H,1-2H3. The Morgan fingerprint density at radius 2 is 1.70 bits per heavy atom. The van der Waals surface area contributed by atoms with E-state index in [1.54, 1.807) is 6.20 Å². The minimum atomic E-state index is -0.0808. The van der Waals surface area contributed by atoms with Gasteiger partial charge in [-0.25, -0.2) is 9.97 Å². The lowest BCUT2D eigenvalue weighted by molar-refractivity contribution is 0.665. The van der Waals surface area contributed by atoms with Gasteiger partial charge >= 0.3 is 0 Å². The smallest absolute Gasteiger partial charge is 0.159 e. The molecule has 0 saturated carbocycles. The zero-order valence-corrected chi connectivity index (χ0v) is 13.0. The zero-order chi connectivity index (χ0) is 15.6. The second-order valence-electron chi connectivity index (χ2n) is 6.61. The molecule has 0 amide bonds. The van der Waals surface area contributed by atoms with Crippen LogP contribution in [0.25, 0.3) is 33.1 Å². The molecular formula is C20H15N3. The molecule has 0 saturated heterocycles. The van der Waals surface area contributed by atoms with Crippen molar-refractivity contribution in [2.45, 2.75) is 19.3 Å². The largest absolute Gasteiger partial charge is 0.256 e. The predicted octanol–water partition coefficient (Wildman–Crippen LogP) is 4.48. The second kappa shape index (κ2) is 4.13. The summed E-state index contributed by atoms with van der Waals surface area (Å²) in [6.45, 7) is 4.56. The molecule has 3 aromatic heterocycles. The second-order valence-corrected chi connectivity index (χ2v) is 6.61. The molecule has 0 radical (unpaired) electrons. The van der Waals surface area contributed by atoms with Crippen LogP contribution in [0, 0.1) is 0 Å². The molecular weight excluding hydrogens is 282 g/mol. The maximum absolute atomic E-state index is 4.65. The van der Waals surface area contributed by atoms with Crippen LogP contribution in [0.1, 0.15) is 25.0 Å². The Labute approximate surface area is 134 Å². The third-order valence-corrected chi connectivity index (χ3v) is 4.98. The Balaban J connectivity index is 2.04. The molecule has 0 unspecified atom stereocenters. The lowest BCUT2D eigenvalue weighted by atomic mass is 9.80. The van der Waals surface area contributed by atoms with Gasteiger partial charge in [-0.15, -0.1) is 0 Å². The van der Waals surface area contributed by atoms with Crippen LogP contribution in [-0.2, 0) is 5.41 Å². The maximum atomic E-state index is 4.65. The quantitative estimate of drug-likeness (QED) is 0.449. The van der Waals surface area contributed by atoms with E-state index in [2.05, 4.69) is 53.1 Å². The summed E-state index contributed by atoms with van der Waals surface area (Å²) in [6.07, 6.45) is 5.60. The number of hydrogen-bond acceptors (Lipinski definition) is 3. The Bertz CT molecular complexity index is 1100. The van der Waals surface area contributed by atoms with Gasteiger partial charge in [0.05, 0.1) is 5.69 Å². The number of aromatic nitrogens is 3. The first-order valence-corrected chi connectivity index (χ1v) is 7.81. The van der Waals surface area contributed by atoms with Gasteiger partial charge < -0.3 is 0 Å². The topological polar surface area (TPSA) is 38.7 Å².